The molecule has 0 aliphatic heterocycles. The summed E-state index contributed by atoms with van der Waals surface area (Å²) in [4.78, 5) is 6.90. The lowest BCUT2D eigenvalue weighted by Crippen LogP contribution is -2.18. The van der Waals surface area contributed by atoms with Crippen molar-refractivity contribution in [2.24, 2.45) is 5.73 Å². The first-order chi connectivity index (χ1) is 9.78. The molecule has 5 nitrogen and oxygen atoms in total. The van der Waals surface area contributed by atoms with E-state index < -0.39 is 0 Å². The zero-order valence-electron chi connectivity index (χ0n) is 11.6. The molecule has 0 amide bonds. The van der Waals surface area contributed by atoms with Gasteiger partial charge in [0.2, 0.25) is 0 Å². The smallest absolute Gasteiger partial charge is 0.268 e. The summed E-state index contributed by atoms with van der Waals surface area (Å²) in [6.07, 6.45) is 4.57. The van der Waals surface area contributed by atoms with Crippen LogP contribution in [0.5, 0.6) is 0 Å². The van der Waals surface area contributed by atoms with Crippen LogP contribution < -0.4 is 5.73 Å². The molecule has 1 aliphatic rings. The van der Waals surface area contributed by atoms with Crippen LogP contribution >= 0.6 is 11.3 Å². The lowest BCUT2D eigenvalue weighted by molar-refractivity contribution is 0.119. The zero-order chi connectivity index (χ0) is 13.9. The molecule has 0 saturated heterocycles. The Morgan fingerprint density at radius 2 is 2.40 bits per heavy atom. The third-order valence-electron chi connectivity index (χ3n) is 3.38. The molecule has 1 unspecified atom stereocenters. The van der Waals surface area contributed by atoms with E-state index in [1.807, 2.05) is 0 Å². The average molecular weight is 293 g/mol. The number of fused-ring (bicyclic) bond motifs is 1. The summed E-state index contributed by atoms with van der Waals surface area (Å²) in [5, 5.41) is 3.97. The molecule has 6 heteroatoms. The first-order valence-electron chi connectivity index (χ1n) is 7.06. The normalized spacial score (nSPS) is 15.5. The second-order valence-corrected chi connectivity index (χ2v) is 6.19. The van der Waals surface area contributed by atoms with Crippen LogP contribution in [0, 0.1) is 0 Å². The number of rotatable bonds is 6. The Hall–Kier alpha value is -1.24. The maximum absolute atomic E-state index is 5.99. The molecule has 2 aromatic heterocycles. The fourth-order valence-electron chi connectivity index (χ4n) is 2.35. The van der Waals surface area contributed by atoms with E-state index in [0.29, 0.717) is 24.9 Å². The van der Waals surface area contributed by atoms with Crippen molar-refractivity contribution in [3.05, 3.63) is 22.3 Å². The highest BCUT2D eigenvalue weighted by Gasteiger charge is 2.20. The first-order valence-corrected chi connectivity index (χ1v) is 7.88. The van der Waals surface area contributed by atoms with E-state index in [9.17, 15) is 0 Å². The molecule has 3 rings (SSSR count). The van der Waals surface area contributed by atoms with Crippen molar-refractivity contribution in [1.29, 1.82) is 0 Å². The van der Waals surface area contributed by atoms with Gasteiger partial charge in [0.05, 0.1) is 17.5 Å². The van der Waals surface area contributed by atoms with Gasteiger partial charge in [0.15, 0.2) is 5.82 Å². The van der Waals surface area contributed by atoms with Gasteiger partial charge in [0.25, 0.3) is 5.89 Å². The number of hydrogen-bond acceptors (Lipinski definition) is 6. The fourth-order valence-corrected chi connectivity index (χ4v) is 3.52. The molecule has 0 bridgehead atoms. The number of thiophene rings is 1. The maximum Gasteiger partial charge on any atom is 0.268 e. The summed E-state index contributed by atoms with van der Waals surface area (Å²) in [5.74, 6) is 1.09. The fraction of sp³-hybridized carbons (Fsp3) is 0.571. The Morgan fingerprint density at radius 1 is 1.50 bits per heavy atom. The van der Waals surface area contributed by atoms with Crippen LogP contribution in [0.1, 0.15) is 42.1 Å². The monoisotopic (exact) mass is 293 g/mol. The molecule has 0 aromatic carbocycles. The molecule has 20 heavy (non-hydrogen) atoms. The van der Waals surface area contributed by atoms with Crippen LogP contribution in [0.2, 0.25) is 0 Å². The Morgan fingerprint density at radius 3 is 3.20 bits per heavy atom. The number of aromatic nitrogens is 2. The standard InChI is InChI=1S/C14H19N3O2S/c1-2-6-18-8-10(15)13-16-14(19-17-13)12-7-9-4-3-5-11(9)20-12/h7,10H,2-6,8,15H2,1H3. The van der Waals surface area contributed by atoms with Gasteiger partial charge in [-0.3, -0.25) is 0 Å². The van der Waals surface area contributed by atoms with Gasteiger partial charge in [0.1, 0.15) is 0 Å². The van der Waals surface area contributed by atoms with E-state index in [0.717, 1.165) is 17.7 Å². The van der Waals surface area contributed by atoms with Crippen LogP contribution in [0.25, 0.3) is 10.8 Å². The summed E-state index contributed by atoms with van der Waals surface area (Å²) in [5.41, 5.74) is 7.42. The molecular formula is C14H19N3O2S. The molecule has 0 fully saturated rings. The number of nitrogens with zero attached hydrogens (tertiary/aromatic N) is 2. The third kappa shape index (κ3) is 2.77. The first kappa shape index (κ1) is 13.7. The highest BCUT2D eigenvalue weighted by molar-refractivity contribution is 7.15. The molecule has 2 heterocycles. The molecule has 108 valence electrons. The van der Waals surface area contributed by atoms with Crippen LogP contribution in [0.4, 0.5) is 0 Å². The quantitative estimate of drug-likeness (QED) is 0.829. The van der Waals surface area contributed by atoms with E-state index >= 15 is 0 Å². The van der Waals surface area contributed by atoms with Gasteiger partial charge in [-0.15, -0.1) is 11.3 Å². The van der Waals surface area contributed by atoms with E-state index in [1.54, 1.807) is 11.3 Å². The lowest BCUT2D eigenvalue weighted by atomic mass is 10.2. The van der Waals surface area contributed by atoms with Gasteiger partial charge in [0, 0.05) is 11.5 Å². The van der Waals surface area contributed by atoms with Gasteiger partial charge in [-0.2, -0.15) is 4.98 Å². The summed E-state index contributed by atoms with van der Waals surface area (Å²) in [7, 11) is 0. The number of ether oxygens (including phenoxy) is 1. The van der Waals surface area contributed by atoms with Crippen LogP contribution in [0.3, 0.4) is 0 Å². The van der Waals surface area contributed by atoms with Crippen molar-refractivity contribution in [1.82, 2.24) is 10.1 Å². The third-order valence-corrected chi connectivity index (χ3v) is 4.60. The van der Waals surface area contributed by atoms with Crippen molar-refractivity contribution in [3.63, 3.8) is 0 Å². The van der Waals surface area contributed by atoms with Crippen LogP contribution in [-0.4, -0.2) is 23.4 Å². The SMILES string of the molecule is CCCOCC(N)c1noc(-c2cc3c(s2)CCC3)n1. The minimum atomic E-state index is -0.328. The number of hydrogen-bond donors (Lipinski definition) is 1. The van der Waals surface area contributed by atoms with Crippen molar-refractivity contribution >= 4 is 11.3 Å². The van der Waals surface area contributed by atoms with Crippen LogP contribution in [0.15, 0.2) is 10.6 Å². The highest BCUT2D eigenvalue weighted by atomic mass is 32.1. The molecular weight excluding hydrogens is 274 g/mol. The summed E-state index contributed by atoms with van der Waals surface area (Å²) < 4.78 is 10.7. The minimum absolute atomic E-state index is 0.328. The Kier molecular flexibility index (Phi) is 4.14. The summed E-state index contributed by atoms with van der Waals surface area (Å²) in [6.45, 7) is 3.19. The van der Waals surface area contributed by atoms with E-state index in [2.05, 4.69) is 23.1 Å². The largest absolute Gasteiger partial charge is 0.379 e. The number of aryl methyl sites for hydroxylation is 2. The predicted octanol–water partition coefficient (Wildman–Crippen LogP) is 2.71. The molecule has 0 spiro atoms. The predicted molar refractivity (Wildman–Crippen MR) is 77.7 cm³/mol. The molecule has 2 aromatic rings. The van der Waals surface area contributed by atoms with Gasteiger partial charge in [-0.05, 0) is 37.3 Å². The molecule has 1 aliphatic carbocycles. The second kappa shape index (κ2) is 6.03. The summed E-state index contributed by atoms with van der Waals surface area (Å²) in [6, 6.07) is 1.84. The van der Waals surface area contributed by atoms with Gasteiger partial charge in [-0.1, -0.05) is 12.1 Å². The van der Waals surface area contributed by atoms with Crippen molar-refractivity contribution in [2.75, 3.05) is 13.2 Å². The van der Waals surface area contributed by atoms with Crippen molar-refractivity contribution < 1.29 is 9.26 Å². The van der Waals surface area contributed by atoms with Gasteiger partial charge < -0.3 is 15.0 Å². The lowest BCUT2D eigenvalue weighted by Gasteiger charge is -2.06. The van der Waals surface area contributed by atoms with Crippen LogP contribution in [-0.2, 0) is 17.6 Å². The Bertz CT molecular complexity index is 557. The minimum Gasteiger partial charge on any atom is -0.379 e. The van der Waals surface area contributed by atoms with E-state index in [4.69, 9.17) is 15.0 Å². The number of nitrogens with two attached hydrogens (primary N) is 1. The second-order valence-electron chi connectivity index (χ2n) is 5.05. The topological polar surface area (TPSA) is 74.2 Å². The summed E-state index contributed by atoms with van der Waals surface area (Å²) >= 11 is 1.75. The van der Waals surface area contributed by atoms with Crippen molar-refractivity contribution in [2.45, 2.75) is 38.6 Å². The zero-order valence-corrected chi connectivity index (χ0v) is 12.4. The van der Waals surface area contributed by atoms with Gasteiger partial charge in [-0.25, -0.2) is 0 Å². The molecule has 2 N–H and O–H groups in total. The maximum atomic E-state index is 5.99. The molecule has 1 atom stereocenters. The Labute approximate surface area is 122 Å². The van der Waals surface area contributed by atoms with Crippen molar-refractivity contribution in [3.8, 4) is 10.8 Å². The highest BCUT2D eigenvalue weighted by Crippen LogP contribution is 2.35. The van der Waals surface area contributed by atoms with Gasteiger partial charge >= 0.3 is 0 Å². The molecule has 0 radical (unpaired) electrons. The average Bonchev–Trinajstić information content (AvgIpc) is 3.13. The Balaban J connectivity index is 1.69. The molecule has 0 saturated carbocycles. The van der Waals surface area contributed by atoms with E-state index in [1.165, 1.54) is 23.3 Å². The van der Waals surface area contributed by atoms with E-state index in [-0.39, 0.29) is 6.04 Å².